The average Bonchev–Trinajstić information content (AvgIpc) is 2.91. The van der Waals surface area contributed by atoms with Crippen LogP contribution in [0.15, 0.2) is 42.7 Å². The van der Waals surface area contributed by atoms with Gasteiger partial charge in [0.1, 0.15) is 10.8 Å². The Morgan fingerprint density at radius 3 is 2.95 bits per heavy atom. The SMILES string of the molecule is CCC(=O)Cc1ccc2nc(-c3cccnc3)sc2c1. The lowest BCUT2D eigenvalue weighted by atomic mass is 10.1. The maximum absolute atomic E-state index is 11.5. The van der Waals surface area contributed by atoms with Gasteiger partial charge < -0.3 is 0 Å². The number of fused-ring (bicyclic) bond motifs is 1. The quantitative estimate of drug-likeness (QED) is 0.729. The van der Waals surface area contributed by atoms with Gasteiger partial charge in [-0.3, -0.25) is 9.78 Å². The second-order valence-corrected chi connectivity index (χ2v) is 5.66. The third-order valence-corrected chi connectivity index (χ3v) is 4.22. The van der Waals surface area contributed by atoms with Crippen LogP contribution in [0.2, 0.25) is 0 Å². The molecule has 100 valence electrons. The fourth-order valence-electron chi connectivity index (χ4n) is 2.04. The van der Waals surface area contributed by atoms with Crippen molar-refractivity contribution >= 4 is 27.3 Å². The summed E-state index contributed by atoms with van der Waals surface area (Å²) in [7, 11) is 0. The van der Waals surface area contributed by atoms with Gasteiger partial charge in [0.25, 0.3) is 0 Å². The number of thiazole rings is 1. The number of Topliss-reactive ketones (excluding diaryl/α,β-unsaturated/α-hetero) is 1. The van der Waals surface area contributed by atoms with Gasteiger partial charge in [-0.2, -0.15) is 0 Å². The topological polar surface area (TPSA) is 42.9 Å². The van der Waals surface area contributed by atoms with E-state index in [-0.39, 0.29) is 5.78 Å². The molecule has 20 heavy (non-hydrogen) atoms. The van der Waals surface area contributed by atoms with Crippen LogP contribution in [0.3, 0.4) is 0 Å². The Balaban J connectivity index is 1.97. The van der Waals surface area contributed by atoms with Gasteiger partial charge in [-0.1, -0.05) is 13.0 Å². The van der Waals surface area contributed by atoms with E-state index in [9.17, 15) is 4.79 Å². The molecule has 2 heterocycles. The first kappa shape index (κ1) is 12.9. The van der Waals surface area contributed by atoms with Crippen LogP contribution in [0.25, 0.3) is 20.8 Å². The van der Waals surface area contributed by atoms with E-state index >= 15 is 0 Å². The van der Waals surface area contributed by atoms with Gasteiger partial charge in [-0.25, -0.2) is 4.98 Å². The first-order valence-electron chi connectivity index (χ1n) is 6.58. The van der Waals surface area contributed by atoms with Crippen molar-refractivity contribution < 1.29 is 4.79 Å². The number of carbonyl (C=O) groups is 1. The molecule has 0 aliphatic heterocycles. The molecule has 0 spiro atoms. The molecule has 0 radical (unpaired) electrons. The molecule has 0 saturated carbocycles. The summed E-state index contributed by atoms with van der Waals surface area (Å²) in [6.07, 6.45) is 4.67. The van der Waals surface area contributed by atoms with Crippen molar-refractivity contribution in [2.45, 2.75) is 19.8 Å². The summed E-state index contributed by atoms with van der Waals surface area (Å²) >= 11 is 1.64. The zero-order chi connectivity index (χ0) is 13.9. The fraction of sp³-hybridized carbons (Fsp3) is 0.188. The molecule has 4 heteroatoms. The molecule has 0 bridgehead atoms. The number of benzene rings is 1. The van der Waals surface area contributed by atoms with Crippen LogP contribution in [-0.4, -0.2) is 15.8 Å². The lowest BCUT2D eigenvalue weighted by molar-refractivity contribution is -0.118. The number of hydrogen-bond donors (Lipinski definition) is 0. The smallest absolute Gasteiger partial charge is 0.136 e. The minimum atomic E-state index is 0.265. The molecule has 3 rings (SSSR count). The lowest BCUT2D eigenvalue weighted by Gasteiger charge is -1.98. The predicted molar refractivity (Wildman–Crippen MR) is 81.9 cm³/mol. The second kappa shape index (κ2) is 5.51. The van der Waals surface area contributed by atoms with Gasteiger partial charge in [-0.15, -0.1) is 11.3 Å². The average molecular weight is 282 g/mol. The normalized spacial score (nSPS) is 10.8. The van der Waals surface area contributed by atoms with E-state index in [0.717, 1.165) is 26.4 Å². The van der Waals surface area contributed by atoms with Gasteiger partial charge in [0.2, 0.25) is 0 Å². The first-order valence-corrected chi connectivity index (χ1v) is 7.39. The molecule has 0 atom stereocenters. The van der Waals surface area contributed by atoms with Gasteiger partial charge in [0.05, 0.1) is 10.2 Å². The minimum Gasteiger partial charge on any atom is -0.299 e. The van der Waals surface area contributed by atoms with Gasteiger partial charge >= 0.3 is 0 Å². The first-order chi connectivity index (χ1) is 9.76. The van der Waals surface area contributed by atoms with Gasteiger partial charge in [0, 0.05) is 30.8 Å². The Labute approximate surface area is 121 Å². The van der Waals surface area contributed by atoms with Crippen molar-refractivity contribution in [3.8, 4) is 10.6 Å². The van der Waals surface area contributed by atoms with Crippen LogP contribution in [0, 0.1) is 0 Å². The Hall–Kier alpha value is -2.07. The van der Waals surface area contributed by atoms with E-state index in [4.69, 9.17) is 0 Å². The highest BCUT2D eigenvalue weighted by atomic mass is 32.1. The Bertz CT molecular complexity index is 750. The lowest BCUT2D eigenvalue weighted by Crippen LogP contribution is -1.99. The van der Waals surface area contributed by atoms with Crippen molar-refractivity contribution in [2.24, 2.45) is 0 Å². The van der Waals surface area contributed by atoms with Crippen molar-refractivity contribution in [3.63, 3.8) is 0 Å². The van der Waals surface area contributed by atoms with Crippen LogP contribution >= 0.6 is 11.3 Å². The van der Waals surface area contributed by atoms with E-state index in [0.29, 0.717) is 12.8 Å². The summed E-state index contributed by atoms with van der Waals surface area (Å²) in [4.78, 5) is 20.3. The minimum absolute atomic E-state index is 0.265. The summed E-state index contributed by atoms with van der Waals surface area (Å²) in [6, 6.07) is 9.96. The molecule has 3 nitrogen and oxygen atoms in total. The zero-order valence-electron chi connectivity index (χ0n) is 11.2. The number of rotatable bonds is 4. The monoisotopic (exact) mass is 282 g/mol. The Morgan fingerprint density at radius 1 is 1.30 bits per heavy atom. The molecule has 0 amide bonds. The maximum atomic E-state index is 11.5. The summed E-state index contributed by atoms with van der Waals surface area (Å²) < 4.78 is 1.12. The highest BCUT2D eigenvalue weighted by Crippen LogP contribution is 2.30. The van der Waals surface area contributed by atoms with E-state index < -0.39 is 0 Å². The largest absolute Gasteiger partial charge is 0.299 e. The molecular formula is C16H14N2OS. The Morgan fingerprint density at radius 2 is 2.20 bits per heavy atom. The third-order valence-electron chi connectivity index (χ3n) is 3.16. The summed E-state index contributed by atoms with van der Waals surface area (Å²) in [5, 5.41) is 0.965. The number of hydrogen-bond acceptors (Lipinski definition) is 4. The van der Waals surface area contributed by atoms with Crippen molar-refractivity contribution in [3.05, 3.63) is 48.3 Å². The molecule has 0 aliphatic rings. The highest BCUT2D eigenvalue weighted by molar-refractivity contribution is 7.21. The van der Waals surface area contributed by atoms with Gasteiger partial charge in [0.15, 0.2) is 0 Å². The molecule has 0 saturated heterocycles. The summed E-state index contributed by atoms with van der Waals surface area (Å²) in [5.74, 6) is 0.265. The molecule has 0 fully saturated rings. The molecule has 0 aliphatic carbocycles. The van der Waals surface area contributed by atoms with Crippen LogP contribution < -0.4 is 0 Å². The number of ketones is 1. The number of carbonyl (C=O) groups excluding carboxylic acids is 1. The van der Waals surface area contributed by atoms with E-state index in [1.165, 1.54) is 0 Å². The van der Waals surface area contributed by atoms with Crippen molar-refractivity contribution in [1.82, 2.24) is 9.97 Å². The van der Waals surface area contributed by atoms with Crippen molar-refractivity contribution in [1.29, 1.82) is 0 Å². The molecule has 0 N–H and O–H groups in total. The second-order valence-electron chi connectivity index (χ2n) is 4.63. The van der Waals surface area contributed by atoms with E-state index in [1.807, 2.05) is 37.4 Å². The molecular weight excluding hydrogens is 268 g/mol. The molecule has 2 aromatic heterocycles. The Kier molecular flexibility index (Phi) is 3.56. The van der Waals surface area contributed by atoms with E-state index in [2.05, 4.69) is 16.0 Å². The number of aromatic nitrogens is 2. The standard InChI is InChI=1S/C16H14N2OS/c1-2-13(19)8-11-5-6-14-15(9-11)20-16(18-14)12-4-3-7-17-10-12/h3-7,9-10H,2,8H2,1H3. The summed E-state index contributed by atoms with van der Waals surface area (Å²) in [5.41, 5.74) is 3.06. The molecule has 3 aromatic rings. The number of nitrogens with zero attached hydrogens (tertiary/aromatic N) is 2. The molecule has 1 aromatic carbocycles. The molecule has 0 unspecified atom stereocenters. The van der Waals surface area contributed by atoms with Gasteiger partial charge in [-0.05, 0) is 29.8 Å². The predicted octanol–water partition coefficient (Wildman–Crippen LogP) is 3.88. The van der Waals surface area contributed by atoms with E-state index in [1.54, 1.807) is 17.5 Å². The third kappa shape index (κ3) is 2.60. The van der Waals surface area contributed by atoms with Crippen molar-refractivity contribution in [2.75, 3.05) is 0 Å². The van der Waals surface area contributed by atoms with Crippen LogP contribution in [0.1, 0.15) is 18.9 Å². The fourth-order valence-corrected chi connectivity index (χ4v) is 3.06. The number of pyridine rings is 1. The van der Waals surface area contributed by atoms with Crippen LogP contribution in [0.5, 0.6) is 0 Å². The maximum Gasteiger partial charge on any atom is 0.136 e. The van der Waals surface area contributed by atoms with Crippen LogP contribution in [0.4, 0.5) is 0 Å². The van der Waals surface area contributed by atoms with Crippen LogP contribution in [-0.2, 0) is 11.2 Å². The summed E-state index contributed by atoms with van der Waals surface area (Å²) in [6.45, 7) is 1.90. The highest BCUT2D eigenvalue weighted by Gasteiger charge is 2.08. The zero-order valence-corrected chi connectivity index (χ0v) is 12.0.